The Kier molecular flexibility index (Phi) is 5.57. The Morgan fingerprint density at radius 1 is 1.16 bits per heavy atom. The van der Waals surface area contributed by atoms with Gasteiger partial charge in [0, 0.05) is 11.1 Å². The molecule has 0 atom stereocenters. The molecule has 0 aliphatic rings. The number of nitrogens with zero attached hydrogens (tertiary/aromatic N) is 1. The minimum absolute atomic E-state index is 0.0512. The summed E-state index contributed by atoms with van der Waals surface area (Å²) in [7, 11) is 2.72. The summed E-state index contributed by atoms with van der Waals surface area (Å²) in [4.78, 5) is 23.4. The number of hydrogen-bond acceptors (Lipinski definition) is 6. The van der Waals surface area contributed by atoms with Gasteiger partial charge in [0.05, 0.1) is 20.4 Å². The highest BCUT2D eigenvalue weighted by Crippen LogP contribution is 2.32. The number of aromatic carboxylic acids is 1. The predicted octanol–water partition coefficient (Wildman–Crippen LogP) is 1.87. The minimum Gasteiger partial charge on any atom is -0.508 e. The average Bonchev–Trinajstić information content (AvgIpc) is 2.60. The van der Waals surface area contributed by atoms with Crippen LogP contribution in [0.4, 0.5) is 0 Å². The number of ether oxygens (including phenoxy) is 2. The van der Waals surface area contributed by atoms with Crippen LogP contribution in [0.3, 0.4) is 0 Å². The van der Waals surface area contributed by atoms with Gasteiger partial charge in [-0.1, -0.05) is 6.07 Å². The summed E-state index contributed by atoms with van der Waals surface area (Å²) in [5, 5.41) is 22.5. The Bertz CT molecular complexity index is 832. The lowest BCUT2D eigenvalue weighted by molar-refractivity contribution is 0.0692. The van der Waals surface area contributed by atoms with Gasteiger partial charge in [-0.25, -0.2) is 10.2 Å². The largest absolute Gasteiger partial charge is 0.508 e. The van der Waals surface area contributed by atoms with E-state index in [0.717, 1.165) is 0 Å². The second-order valence-corrected chi connectivity index (χ2v) is 4.82. The van der Waals surface area contributed by atoms with Crippen molar-refractivity contribution in [3.63, 3.8) is 0 Å². The summed E-state index contributed by atoms with van der Waals surface area (Å²) in [6.45, 7) is 0. The van der Waals surface area contributed by atoms with Crippen LogP contribution in [0.1, 0.15) is 26.3 Å². The molecular formula is C17H16N2O6. The molecule has 0 aromatic heterocycles. The van der Waals surface area contributed by atoms with Crippen LogP contribution in [0.2, 0.25) is 0 Å². The lowest BCUT2D eigenvalue weighted by Gasteiger charge is -2.12. The lowest BCUT2D eigenvalue weighted by Crippen LogP contribution is -2.17. The zero-order valence-electron chi connectivity index (χ0n) is 13.5. The van der Waals surface area contributed by atoms with Gasteiger partial charge in [-0.15, -0.1) is 0 Å². The Morgan fingerprint density at radius 3 is 2.52 bits per heavy atom. The molecule has 25 heavy (non-hydrogen) atoms. The van der Waals surface area contributed by atoms with Crippen molar-refractivity contribution in [3.05, 3.63) is 53.1 Å². The molecule has 0 saturated heterocycles. The third-order valence-electron chi connectivity index (χ3n) is 3.27. The van der Waals surface area contributed by atoms with Gasteiger partial charge in [-0.3, -0.25) is 4.79 Å². The third-order valence-corrected chi connectivity index (χ3v) is 3.27. The molecule has 0 heterocycles. The molecule has 0 radical (unpaired) electrons. The highest BCUT2D eigenvalue weighted by atomic mass is 16.5. The molecular weight excluding hydrogens is 328 g/mol. The van der Waals surface area contributed by atoms with E-state index < -0.39 is 11.9 Å². The second kappa shape index (κ2) is 7.82. The van der Waals surface area contributed by atoms with E-state index in [2.05, 4.69) is 10.5 Å². The standard InChI is InChI=1S/C17H16N2O6/c1-24-13-7-6-11(14(17(22)23)15(13)25-2)9-18-19-16(21)10-4-3-5-12(20)8-10/h3-9,20H,1-2H3,(H,19,21)(H,22,23)/b18-9-. The number of aromatic hydroxyl groups is 1. The first-order chi connectivity index (χ1) is 12.0. The molecule has 2 rings (SSSR count). The van der Waals surface area contributed by atoms with Crippen molar-refractivity contribution in [1.82, 2.24) is 5.43 Å². The molecule has 130 valence electrons. The summed E-state index contributed by atoms with van der Waals surface area (Å²) >= 11 is 0. The van der Waals surface area contributed by atoms with Crippen LogP contribution in [0.5, 0.6) is 17.2 Å². The zero-order valence-corrected chi connectivity index (χ0v) is 13.5. The van der Waals surface area contributed by atoms with Crippen LogP contribution in [0.15, 0.2) is 41.5 Å². The fraction of sp³-hybridized carbons (Fsp3) is 0.118. The van der Waals surface area contributed by atoms with Crippen molar-refractivity contribution in [2.75, 3.05) is 14.2 Å². The summed E-state index contributed by atoms with van der Waals surface area (Å²) in [5.41, 5.74) is 2.55. The van der Waals surface area contributed by atoms with Gasteiger partial charge >= 0.3 is 5.97 Å². The van der Waals surface area contributed by atoms with Crippen LogP contribution in [0, 0.1) is 0 Å². The van der Waals surface area contributed by atoms with E-state index in [-0.39, 0.29) is 33.9 Å². The smallest absolute Gasteiger partial charge is 0.340 e. The van der Waals surface area contributed by atoms with Gasteiger partial charge < -0.3 is 19.7 Å². The fourth-order valence-electron chi connectivity index (χ4n) is 2.14. The molecule has 0 fully saturated rings. The van der Waals surface area contributed by atoms with E-state index in [1.54, 1.807) is 0 Å². The average molecular weight is 344 g/mol. The molecule has 1 amide bonds. The molecule has 2 aromatic carbocycles. The Labute approximate surface area is 143 Å². The van der Waals surface area contributed by atoms with Gasteiger partial charge in [-0.05, 0) is 30.3 Å². The number of carboxylic acid groups (broad SMARTS) is 1. The normalized spacial score (nSPS) is 10.5. The first-order valence-corrected chi connectivity index (χ1v) is 7.08. The van der Waals surface area contributed by atoms with E-state index in [1.165, 1.54) is 56.8 Å². The molecule has 0 bridgehead atoms. The van der Waals surface area contributed by atoms with Gasteiger partial charge in [-0.2, -0.15) is 5.10 Å². The summed E-state index contributed by atoms with van der Waals surface area (Å²) in [5.74, 6) is -1.51. The number of carbonyl (C=O) groups is 2. The van der Waals surface area contributed by atoms with Gasteiger partial charge in [0.15, 0.2) is 11.5 Å². The van der Waals surface area contributed by atoms with Gasteiger partial charge in [0.2, 0.25) is 0 Å². The maximum absolute atomic E-state index is 11.9. The molecule has 3 N–H and O–H groups in total. The number of nitrogens with one attached hydrogen (secondary N) is 1. The van der Waals surface area contributed by atoms with E-state index in [1.807, 2.05) is 0 Å². The number of carboxylic acids is 1. The van der Waals surface area contributed by atoms with Crippen molar-refractivity contribution in [3.8, 4) is 17.2 Å². The molecule has 0 spiro atoms. The number of hydrazone groups is 1. The topological polar surface area (TPSA) is 117 Å². The highest BCUT2D eigenvalue weighted by Gasteiger charge is 2.20. The number of phenols is 1. The quantitative estimate of drug-likeness (QED) is 0.544. The molecule has 8 nitrogen and oxygen atoms in total. The van der Waals surface area contributed by atoms with Crippen LogP contribution in [0.25, 0.3) is 0 Å². The summed E-state index contributed by atoms with van der Waals surface area (Å²) in [6, 6.07) is 8.75. The van der Waals surface area contributed by atoms with Crippen LogP contribution < -0.4 is 14.9 Å². The number of amides is 1. The number of benzene rings is 2. The van der Waals surface area contributed by atoms with E-state index in [0.29, 0.717) is 0 Å². The number of phenolic OH excluding ortho intramolecular Hbond substituents is 1. The Balaban J connectivity index is 2.26. The Hall–Kier alpha value is -3.55. The molecule has 8 heteroatoms. The molecule has 2 aromatic rings. The molecule has 0 aliphatic heterocycles. The molecule has 0 unspecified atom stereocenters. The van der Waals surface area contributed by atoms with Crippen LogP contribution >= 0.6 is 0 Å². The predicted molar refractivity (Wildman–Crippen MR) is 89.7 cm³/mol. The van der Waals surface area contributed by atoms with Crippen LogP contribution in [-0.4, -0.2) is 42.5 Å². The number of methoxy groups -OCH3 is 2. The van der Waals surface area contributed by atoms with Crippen molar-refractivity contribution in [1.29, 1.82) is 0 Å². The number of carbonyl (C=O) groups excluding carboxylic acids is 1. The summed E-state index contributed by atoms with van der Waals surface area (Å²) in [6.07, 6.45) is 1.19. The zero-order chi connectivity index (χ0) is 18.4. The van der Waals surface area contributed by atoms with Crippen LogP contribution in [-0.2, 0) is 0 Å². The molecule has 0 saturated carbocycles. The lowest BCUT2D eigenvalue weighted by atomic mass is 10.1. The van der Waals surface area contributed by atoms with Crippen molar-refractivity contribution in [2.24, 2.45) is 5.10 Å². The maximum Gasteiger partial charge on any atom is 0.340 e. The fourth-order valence-corrected chi connectivity index (χ4v) is 2.14. The van der Waals surface area contributed by atoms with Crippen molar-refractivity contribution >= 4 is 18.1 Å². The minimum atomic E-state index is -1.23. The first kappa shape index (κ1) is 17.8. The number of hydrogen-bond donors (Lipinski definition) is 3. The van der Waals surface area contributed by atoms with Gasteiger partial charge in [0.1, 0.15) is 11.3 Å². The van der Waals surface area contributed by atoms with E-state index in [9.17, 15) is 19.8 Å². The monoisotopic (exact) mass is 344 g/mol. The highest BCUT2D eigenvalue weighted by molar-refractivity contribution is 6.02. The van der Waals surface area contributed by atoms with Gasteiger partial charge in [0.25, 0.3) is 5.91 Å². The maximum atomic E-state index is 11.9. The molecule has 0 aliphatic carbocycles. The number of rotatable bonds is 6. The van der Waals surface area contributed by atoms with E-state index >= 15 is 0 Å². The van der Waals surface area contributed by atoms with Crippen molar-refractivity contribution in [2.45, 2.75) is 0 Å². The van der Waals surface area contributed by atoms with E-state index in [4.69, 9.17) is 9.47 Å². The second-order valence-electron chi connectivity index (χ2n) is 4.82. The Morgan fingerprint density at radius 2 is 1.92 bits per heavy atom. The van der Waals surface area contributed by atoms with Crippen molar-refractivity contribution < 1.29 is 29.3 Å². The third kappa shape index (κ3) is 4.05. The first-order valence-electron chi connectivity index (χ1n) is 7.08. The SMILES string of the molecule is COc1ccc(/C=N\NC(=O)c2cccc(O)c2)c(C(=O)O)c1OC. The summed E-state index contributed by atoms with van der Waals surface area (Å²) < 4.78 is 10.2.